The fraction of sp³-hybridized carbons (Fsp3) is 0.235. The zero-order valence-corrected chi connectivity index (χ0v) is 15.9. The quantitative estimate of drug-likeness (QED) is 0.462. The number of nitrogens with zero attached hydrogens (tertiary/aromatic N) is 4. The largest absolute Gasteiger partial charge is 0.315 e. The molecular formula is C17H14ClN5OS2. The molecule has 132 valence electrons. The van der Waals surface area contributed by atoms with Gasteiger partial charge in [-0.05, 0) is 42.3 Å². The molecule has 1 N–H and O–H groups in total. The Labute approximate surface area is 163 Å². The van der Waals surface area contributed by atoms with Crippen molar-refractivity contribution in [3.05, 3.63) is 47.4 Å². The van der Waals surface area contributed by atoms with Crippen LogP contribution in [0.1, 0.15) is 18.4 Å². The molecule has 1 aromatic carbocycles. The molecular weight excluding hydrogens is 390 g/mol. The monoisotopic (exact) mass is 403 g/mol. The Balaban J connectivity index is 1.44. The Hall–Kier alpha value is -2.03. The van der Waals surface area contributed by atoms with Gasteiger partial charge in [0.05, 0.1) is 0 Å². The van der Waals surface area contributed by atoms with E-state index in [1.807, 2.05) is 24.3 Å². The van der Waals surface area contributed by atoms with Crippen molar-refractivity contribution in [1.29, 1.82) is 0 Å². The minimum Gasteiger partial charge on any atom is -0.315 e. The van der Waals surface area contributed by atoms with Gasteiger partial charge in [0.2, 0.25) is 5.13 Å². The lowest BCUT2D eigenvalue weighted by Gasteiger charge is -2.06. The summed E-state index contributed by atoms with van der Waals surface area (Å²) in [7, 11) is 0. The predicted octanol–water partition coefficient (Wildman–Crippen LogP) is 4.40. The summed E-state index contributed by atoms with van der Waals surface area (Å²) in [4.78, 5) is 25.6. The number of aromatic nitrogens is 4. The average Bonchev–Trinajstić information content (AvgIpc) is 3.35. The van der Waals surface area contributed by atoms with Crippen molar-refractivity contribution >= 4 is 51.6 Å². The van der Waals surface area contributed by atoms with Gasteiger partial charge in [-0.2, -0.15) is 4.37 Å². The number of hydrogen-bond donors (Lipinski definition) is 1. The fourth-order valence-electron chi connectivity index (χ4n) is 2.38. The minimum atomic E-state index is 0.294. The number of anilines is 2. The second kappa shape index (κ2) is 7.69. The molecule has 6 nitrogen and oxygen atoms in total. The lowest BCUT2D eigenvalue weighted by Crippen LogP contribution is -2.04. The third-order valence-electron chi connectivity index (χ3n) is 3.81. The highest BCUT2D eigenvalue weighted by atomic mass is 35.5. The van der Waals surface area contributed by atoms with Crippen molar-refractivity contribution in [2.75, 3.05) is 5.32 Å². The van der Waals surface area contributed by atoms with Gasteiger partial charge in [0, 0.05) is 34.8 Å². The second-order valence-electron chi connectivity index (χ2n) is 5.89. The van der Waals surface area contributed by atoms with Crippen molar-refractivity contribution in [2.24, 2.45) is 5.92 Å². The van der Waals surface area contributed by atoms with Crippen LogP contribution in [0.2, 0.25) is 5.15 Å². The minimum absolute atomic E-state index is 0.294. The number of rotatable bonds is 7. The summed E-state index contributed by atoms with van der Waals surface area (Å²) in [6, 6.07) is 9.55. The summed E-state index contributed by atoms with van der Waals surface area (Å²) < 4.78 is 3.94. The summed E-state index contributed by atoms with van der Waals surface area (Å²) >= 11 is 8.75. The number of carbonyl (C=O) groups is 1. The molecule has 2 heterocycles. The summed E-state index contributed by atoms with van der Waals surface area (Å²) in [6.45, 7) is 0. The third-order valence-corrected chi connectivity index (χ3v) is 5.46. The Kier molecular flexibility index (Phi) is 5.14. The van der Waals surface area contributed by atoms with E-state index in [9.17, 15) is 4.79 Å². The van der Waals surface area contributed by atoms with E-state index < -0.39 is 0 Å². The van der Waals surface area contributed by atoms with Crippen LogP contribution >= 0.6 is 34.9 Å². The first-order chi connectivity index (χ1) is 12.7. The zero-order chi connectivity index (χ0) is 17.9. The number of hydrogen-bond acceptors (Lipinski definition) is 8. The Morgan fingerprint density at radius 1 is 1.27 bits per heavy atom. The molecule has 0 amide bonds. The molecule has 0 unspecified atom stereocenters. The number of halogens is 1. The molecule has 1 aliphatic rings. The van der Waals surface area contributed by atoms with E-state index >= 15 is 0 Å². The van der Waals surface area contributed by atoms with E-state index in [-0.39, 0.29) is 0 Å². The summed E-state index contributed by atoms with van der Waals surface area (Å²) in [6.07, 6.45) is 4.08. The molecule has 1 fully saturated rings. The van der Waals surface area contributed by atoms with Crippen molar-refractivity contribution in [3.63, 3.8) is 0 Å². The molecule has 4 rings (SSSR count). The molecule has 3 aromatic rings. The first-order valence-electron chi connectivity index (χ1n) is 8.03. The number of Topliss-reactive ketones (excluding diaryl/α,β-unsaturated/α-hetero) is 1. The molecule has 0 atom stereocenters. The van der Waals surface area contributed by atoms with Crippen molar-refractivity contribution in [1.82, 2.24) is 19.3 Å². The van der Waals surface area contributed by atoms with Crippen molar-refractivity contribution < 1.29 is 4.79 Å². The maximum atomic E-state index is 11.9. The second-order valence-corrected chi connectivity index (χ2v) is 8.10. The van der Waals surface area contributed by atoms with E-state index in [4.69, 9.17) is 11.6 Å². The maximum Gasteiger partial charge on any atom is 0.207 e. The topological polar surface area (TPSA) is 80.7 Å². The molecule has 26 heavy (non-hydrogen) atoms. The van der Waals surface area contributed by atoms with Crippen LogP contribution in [0.5, 0.6) is 0 Å². The number of nitrogens with one attached hydrogen (secondary N) is 1. The number of carbonyl (C=O) groups excluding carboxylic acids is 1. The normalized spacial score (nSPS) is 13.6. The Morgan fingerprint density at radius 3 is 2.77 bits per heavy atom. The molecule has 0 spiro atoms. The van der Waals surface area contributed by atoms with Crippen LogP contribution in [0, 0.1) is 5.92 Å². The van der Waals surface area contributed by atoms with Crippen LogP contribution in [-0.2, 0) is 11.2 Å². The van der Waals surface area contributed by atoms with Crippen molar-refractivity contribution in [2.45, 2.75) is 29.3 Å². The highest BCUT2D eigenvalue weighted by Crippen LogP contribution is 2.32. The molecule has 9 heteroatoms. The van der Waals surface area contributed by atoms with Gasteiger partial charge in [-0.1, -0.05) is 23.7 Å². The summed E-state index contributed by atoms with van der Waals surface area (Å²) in [5.74, 6) is 1.20. The van der Waals surface area contributed by atoms with Gasteiger partial charge in [-0.15, -0.1) is 0 Å². The van der Waals surface area contributed by atoms with E-state index in [1.165, 1.54) is 29.6 Å². The van der Waals surface area contributed by atoms with Gasteiger partial charge in [0.15, 0.2) is 5.16 Å². The van der Waals surface area contributed by atoms with Gasteiger partial charge in [0.1, 0.15) is 23.1 Å². The van der Waals surface area contributed by atoms with Crippen LogP contribution in [0.25, 0.3) is 0 Å². The van der Waals surface area contributed by atoms with E-state index in [1.54, 1.807) is 6.07 Å². The standard InChI is InChI=1S/C17H14ClN5OS2/c18-14-8-15(22-16-19-9-20-26-16)23-17(21-14)25-12-5-1-10(2-6-12)7-13(24)11-3-4-11/h1-2,5-6,8-9,11H,3-4,7H2,(H,19,20,21,22,23). The van der Waals surface area contributed by atoms with Gasteiger partial charge in [0.25, 0.3) is 0 Å². The van der Waals surface area contributed by atoms with Crippen LogP contribution < -0.4 is 5.32 Å². The number of ketones is 1. The highest BCUT2D eigenvalue weighted by Gasteiger charge is 2.28. The Bertz CT molecular complexity index is 913. The average molecular weight is 404 g/mol. The zero-order valence-electron chi connectivity index (χ0n) is 13.6. The molecule has 1 saturated carbocycles. The lowest BCUT2D eigenvalue weighted by molar-refractivity contribution is -0.119. The SMILES string of the molecule is O=C(Cc1ccc(Sc2nc(Cl)cc(Nc3ncns3)n2)cc1)C1CC1. The van der Waals surface area contributed by atoms with Gasteiger partial charge in [-0.3, -0.25) is 4.79 Å². The highest BCUT2D eigenvalue weighted by molar-refractivity contribution is 7.99. The summed E-state index contributed by atoms with van der Waals surface area (Å²) in [5.41, 5.74) is 1.04. The molecule has 1 aliphatic carbocycles. The molecule has 0 radical (unpaired) electrons. The van der Waals surface area contributed by atoms with E-state index in [0.29, 0.717) is 39.4 Å². The van der Waals surface area contributed by atoms with Gasteiger partial charge < -0.3 is 5.32 Å². The van der Waals surface area contributed by atoms with Crippen LogP contribution in [0.4, 0.5) is 10.9 Å². The predicted molar refractivity (Wildman–Crippen MR) is 102 cm³/mol. The lowest BCUT2D eigenvalue weighted by atomic mass is 10.1. The Morgan fingerprint density at radius 2 is 2.08 bits per heavy atom. The van der Waals surface area contributed by atoms with Gasteiger partial charge >= 0.3 is 0 Å². The van der Waals surface area contributed by atoms with Crippen LogP contribution in [-0.4, -0.2) is 25.1 Å². The van der Waals surface area contributed by atoms with Gasteiger partial charge in [-0.25, -0.2) is 15.0 Å². The van der Waals surface area contributed by atoms with Crippen molar-refractivity contribution in [3.8, 4) is 0 Å². The molecule has 2 aromatic heterocycles. The fourth-order valence-corrected chi connectivity index (χ4v) is 3.82. The maximum absolute atomic E-state index is 11.9. The summed E-state index contributed by atoms with van der Waals surface area (Å²) in [5, 5.41) is 4.58. The van der Waals surface area contributed by atoms with E-state index in [0.717, 1.165) is 23.3 Å². The van der Waals surface area contributed by atoms with Crippen LogP contribution in [0.15, 0.2) is 46.7 Å². The number of benzene rings is 1. The molecule has 0 saturated heterocycles. The first kappa shape index (κ1) is 17.4. The third kappa shape index (κ3) is 4.57. The van der Waals surface area contributed by atoms with Crippen LogP contribution in [0.3, 0.4) is 0 Å². The molecule has 0 bridgehead atoms. The molecule has 0 aliphatic heterocycles. The van der Waals surface area contributed by atoms with E-state index in [2.05, 4.69) is 24.6 Å². The first-order valence-corrected chi connectivity index (χ1v) is 10.0. The smallest absolute Gasteiger partial charge is 0.207 e.